The van der Waals surface area contributed by atoms with Crippen LogP contribution in [0.3, 0.4) is 0 Å². The summed E-state index contributed by atoms with van der Waals surface area (Å²) in [6.45, 7) is 13.0. The Kier molecular flexibility index (Phi) is 17.8. The third-order valence-electron chi connectivity index (χ3n) is 17.9. The number of fused-ring (bicyclic) bond motifs is 1. The van der Waals surface area contributed by atoms with E-state index >= 15 is 0 Å². The zero-order valence-electron chi connectivity index (χ0n) is 48.5. The van der Waals surface area contributed by atoms with Crippen LogP contribution in [0.1, 0.15) is 129 Å². The van der Waals surface area contributed by atoms with Gasteiger partial charge in [0.15, 0.2) is 0 Å². The van der Waals surface area contributed by atoms with Crippen molar-refractivity contribution in [2.45, 2.75) is 130 Å². The summed E-state index contributed by atoms with van der Waals surface area (Å²) in [5.41, 5.74) is 0.0534. The van der Waals surface area contributed by atoms with E-state index in [2.05, 4.69) is 46.5 Å². The number of carbonyl (C=O) groups excluding carboxylic acids is 5. The Labute approximate surface area is 500 Å². The van der Waals surface area contributed by atoms with E-state index in [0.717, 1.165) is 79.6 Å². The molecule has 2 saturated heterocycles. The minimum Gasteiger partial charge on any atom is -0.384 e. The lowest BCUT2D eigenvalue weighted by molar-refractivity contribution is -0.167. The van der Waals surface area contributed by atoms with E-state index in [-0.39, 0.29) is 29.5 Å². The second-order valence-corrected chi connectivity index (χ2v) is 29.8. The molecular formula is C62H75F3N8O9S3. The van der Waals surface area contributed by atoms with E-state index in [4.69, 9.17) is 0 Å². The molecule has 3 aliphatic heterocycles. The van der Waals surface area contributed by atoms with Crippen LogP contribution in [0.4, 0.5) is 30.2 Å². The van der Waals surface area contributed by atoms with Gasteiger partial charge in [-0.2, -0.15) is 13.2 Å². The van der Waals surface area contributed by atoms with Gasteiger partial charge in [-0.15, -0.1) is 11.8 Å². The third kappa shape index (κ3) is 13.5. The lowest BCUT2D eigenvalue weighted by atomic mass is 9.33. The highest BCUT2D eigenvalue weighted by Gasteiger charge is 2.67. The normalized spacial score (nSPS) is 22.8. The van der Waals surface area contributed by atoms with E-state index < -0.39 is 82.5 Å². The number of piperazine rings is 1. The highest BCUT2D eigenvalue weighted by atomic mass is 32.2. The fourth-order valence-electron chi connectivity index (χ4n) is 13.5. The van der Waals surface area contributed by atoms with Gasteiger partial charge >= 0.3 is 5.51 Å². The first-order chi connectivity index (χ1) is 40.2. The number of halogens is 3. The Hall–Kier alpha value is -6.27. The fraction of sp³-hybridized carbons (Fsp3) is 0.500. The molecule has 0 spiro atoms. The zero-order chi connectivity index (χ0) is 60.7. The predicted molar refractivity (Wildman–Crippen MR) is 321 cm³/mol. The number of nitrogens with one attached hydrogen (secondary N) is 4. The van der Waals surface area contributed by atoms with Crippen molar-refractivity contribution in [3.05, 3.63) is 119 Å². The van der Waals surface area contributed by atoms with Crippen LogP contribution >= 0.6 is 11.8 Å². The van der Waals surface area contributed by atoms with Crippen molar-refractivity contribution < 1.29 is 54.0 Å². The molecule has 1 unspecified atom stereocenters. The molecule has 456 valence electrons. The summed E-state index contributed by atoms with van der Waals surface area (Å²) in [6, 6.07) is 21.3. The maximum atomic E-state index is 14.5. The van der Waals surface area contributed by atoms with Gasteiger partial charge in [-0.25, -0.2) is 21.6 Å². The van der Waals surface area contributed by atoms with Crippen molar-refractivity contribution in [3.63, 3.8) is 0 Å². The topological polar surface area (TPSA) is 215 Å². The number of sulfonamides is 1. The minimum absolute atomic E-state index is 0.0106. The molecule has 11 rings (SSSR count). The average molecular weight is 1230 g/mol. The van der Waals surface area contributed by atoms with Crippen LogP contribution in [0, 0.1) is 16.2 Å². The maximum absolute atomic E-state index is 14.5. The number of piperidine rings is 1. The highest BCUT2D eigenvalue weighted by molar-refractivity contribution is 7.99. The van der Waals surface area contributed by atoms with E-state index in [0.29, 0.717) is 66.2 Å². The van der Waals surface area contributed by atoms with Crippen molar-refractivity contribution in [2.24, 2.45) is 16.2 Å². The Morgan fingerprint density at radius 2 is 1.54 bits per heavy atom. The molecule has 5 fully saturated rings. The second kappa shape index (κ2) is 24.5. The van der Waals surface area contributed by atoms with E-state index in [9.17, 15) is 54.0 Å². The number of alkyl halides is 3. The van der Waals surface area contributed by atoms with Crippen LogP contribution < -0.4 is 25.6 Å². The molecule has 0 radical (unpaired) electrons. The molecular weight excluding hydrogens is 1150 g/mol. The Morgan fingerprint density at radius 1 is 0.824 bits per heavy atom. The number of nitrogens with zero attached hydrogens (tertiary/aromatic N) is 4. The Balaban J connectivity index is 0.737. The number of thioether (sulfide) groups is 1. The summed E-state index contributed by atoms with van der Waals surface area (Å²) >= 11 is 1.41. The molecule has 3 heterocycles. The summed E-state index contributed by atoms with van der Waals surface area (Å²) in [7, 11) is -9.16. The van der Waals surface area contributed by atoms with Crippen LogP contribution in [0.15, 0.2) is 117 Å². The first kappa shape index (κ1) is 61.8. The molecule has 4 aromatic carbocycles. The average Bonchev–Trinajstić information content (AvgIpc) is 1.17. The second-order valence-electron chi connectivity index (χ2n) is 25.1. The molecule has 4 aliphatic carbocycles. The van der Waals surface area contributed by atoms with Gasteiger partial charge < -0.3 is 20.4 Å². The van der Waals surface area contributed by atoms with E-state index in [1.54, 1.807) is 35.4 Å². The number of allylic oxidation sites excluding steroid dienone is 1. The van der Waals surface area contributed by atoms with Gasteiger partial charge in [0.2, 0.25) is 11.8 Å². The van der Waals surface area contributed by atoms with Gasteiger partial charge in [-0.3, -0.25) is 39.1 Å². The van der Waals surface area contributed by atoms with Crippen LogP contribution in [0.5, 0.6) is 0 Å². The summed E-state index contributed by atoms with van der Waals surface area (Å²) in [5.74, 6) is -3.10. The van der Waals surface area contributed by atoms with Crippen molar-refractivity contribution in [1.29, 1.82) is 0 Å². The first-order valence-electron chi connectivity index (χ1n) is 29.3. The third-order valence-corrected chi connectivity index (χ3v) is 21.9. The van der Waals surface area contributed by atoms with Gasteiger partial charge in [0.25, 0.3) is 37.6 Å². The number of anilines is 3. The van der Waals surface area contributed by atoms with Gasteiger partial charge in [-0.1, -0.05) is 62.6 Å². The van der Waals surface area contributed by atoms with Gasteiger partial charge in [0.1, 0.15) is 10.9 Å². The van der Waals surface area contributed by atoms with E-state index in [1.165, 1.54) is 62.1 Å². The van der Waals surface area contributed by atoms with Crippen molar-refractivity contribution in [3.8, 4) is 0 Å². The molecule has 2 bridgehead atoms. The van der Waals surface area contributed by atoms with Gasteiger partial charge in [0, 0.05) is 79.3 Å². The molecule has 4 N–H and O–H groups in total. The van der Waals surface area contributed by atoms with Crippen molar-refractivity contribution >= 4 is 78.2 Å². The van der Waals surface area contributed by atoms with Crippen molar-refractivity contribution in [1.82, 2.24) is 24.7 Å². The zero-order valence-corrected chi connectivity index (χ0v) is 50.9. The number of hydrogen-bond acceptors (Lipinski definition) is 15. The number of amides is 5. The number of benzene rings is 4. The van der Waals surface area contributed by atoms with Gasteiger partial charge in [0.05, 0.1) is 21.7 Å². The van der Waals surface area contributed by atoms with Crippen LogP contribution in [-0.4, -0.2) is 144 Å². The maximum Gasteiger partial charge on any atom is 0.501 e. The minimum atomic E-state index is -6.14. The number of unbranched alkanes of at least 4 members (excludes halogenated alkanes) is 2. The molecule has 17 nitrogen and oxygen atoms in total. The highest BCUT2D eigenvalue weighted by Crippen LogP contribution is 2.77. The lowest BCUT2D eigenvalue weighted by Crippen LogP contribution is -2.61. The van der Waals surface area contributed by atoms with Crippen molar-refractivity contribution in [2.75, 3.05) is 80.7 Å². The number of hydrogen-bond donors (Lipinski definition) is 4. The largest absolute Gasteiger partial charge is 0.501 e. The lowest BCUT2D eigenvalue weighted by Gasteiger charge is -2.72. The Bertz CT molecular complexity index is 3480. The fourth-order valence-corrected chi connectivity index (χ4v) is 16.5. The quantitative estimate of drug-likeness (QED) is 0.0223. The van der Waals surface area contributed by atoms with Crippen LogP contribution in [0.25, 0.3) is 0 Å². The molecule has 23 heteroatoms. The number of sulfone groups is 1. The summed E-state index contributed by atoms with van der Waals surface area (Å²) < 4.78 is 99.5. The summed E-state index contributed by atoms with van der Waals surface area (Å²) in [6.07, 6.45) is 10.1. The smallest absolute Gasteiger partial charge is 0.384 e. The first-order valence-corrected chi connectivity index (χ1v) is 33.2. The standard InChI is InChI=1S/C62H75F3N8O9S3/c1-59(2)26-24-42(48(35-59)61-38-60(3,39-61)40-61)36-71-30-32-72(33-31-71)44-18-16-41(17-19-44)55(75)69-85(81,82)46-20-21-49(52(34-46)84(79,80)62(63,64)65)67-43(37-83-45-12-7-5-8-13-45)25-29-70(4)28-10-6-9-27-66-50-15-11-14-47-54(50)58(78)73(57(47)77)51-22-23-53(74)68-56(51)76/h5,7-8,11-21,34,43,51,66-67H,6,9-10,22-33,35-40H2,1-4H3,(H,69,75)(H,68,74,76)/t43-,51?,60?,61?/m1/s1. The number of imide groups is 2. The molecule has 0 aromatic heterocycles. The van der Waals surface area contributed by atoms with Crippen LogP contribution in [0.2, 0.25) is 0 Å². The molecule has 3 saturated carbocycles. The van der Waals surface area contributed by atoms with Gasteiger partial charge in [-0.05, 0) is 167 Å². The van der Waals surface area contributed by atoms with Crippen LogP contribution in [-0.2, 0) is 29.4 Å². The molecule has 2 atom stereocenters. The predicted octanol–water partition coefficient (Wildman–Crippen LogP) is 9.50. The summed E-state index contributed by atoms with van der Waals surface area (Å²) in [5, 5.41) is 8.45. The SMILES string of the molecule is CN(CCCCCNc1cccc2c1C(=O)N(C1CCC(=O)NC1=O)C2=O)CC[C@H](CSc1ccccc1)Nc1ccc(S(=O)(=O)NC(=O)c2ccc(N3CCN(CC4=C(C56CC(C)(C5)C6)CC(C)(C)CC4)CC3)cc2)cc1S(=O)(=O)C(F)(F)F. The molecule has 7 aliphatic rings. The molecule has 5 amide bonds. The number of rotatable bonds is 24. The monoisotopic (exact) mass is 1230 g/mol. The molecule has 4 aromatic rings. The summed E-state index contributed by atoms with van der Waals surface area (Å²) in [4.78, 5) is 71.0. The van der Waals surface area contributed by atoms with E-state index in [1.807, 2.05) is 47.0 Å². The Morgan fingerprint density at radius 3 is 2.22 bits per heavy atom. The molecule has 85 heavy (non-hydrogen) atoms. The number of carbonyl (C=O) groups is 5.